The van der Waals surface area contributed by atoms with Crippen molar-refractivity contribution in [3.05, 3.63) is 106 Å². The van der Waals surface area contributed by atoms with Gasteiger partial charge in [0, 0.05) is 61.8 Å². The van der Waals surface area contributed by atoms with Gasteiger partial charge in [0.05, 0.1) is 59.0 Å². The molecule has 294 valence electrons. The zero-order valence-electron chi connectivity index (χ0n) is 31.9. The van der Waals surface area contributed by atoms with E-state index in [0.29, 0.717) is 83.1 Å². The van der Waals surface area contributed by atoms with Crippen molar-refractivity contribution in [3.8, 4) is 57.0 Å². The van der Waals surface area contributed by atoms with Crippen molar-refractivity contribution in [2.75, 3.05) is 55.7 Å². The zero-order chi connectivity index (χ0) is 40.0. The van der Waals surface area contributed by atoms with E-state index < -0.39 is 26.7 Å². The first-order valence-electron chi connectivity index (χ1n) is 17.5. The molecule has 0 radical (unpaired) electrons. The summed E-state index contributed by atoms with van der Waals surface area (Å²) >= 11 is 0. The number of para-hydroxylation sites is 1. The number of ether oxygens (including phenoxy) is 6. The number of benzene rings is 3. The van der Waals surface area contributed by atoms with Gasteiger partial charge in [-0.3, -0.25) is 25.0 Å². The molecule has 5 aromatic rings. The summed E-state index contributed by atoms with van der Waals surface area (Å²) in [5.74, 6) is 2.77. The van der Waals surface area contributed by atoms with Crippen LogP contribution in [0.2, 0.25) is 0 Å². The molecule has 0 amide bonds. The maximum atomic E-state index is 14.6. The molecule has 15 nitrogen and oxygen atoms in total. The van der Waals surface area contributed by atoms with E-state index in [4.69, 9.17) is 28.4 Å². The van der Waals surface area contributed by atoms with Crippen molar-refractivity contribution in [2.45, 2.75) is 30.4 Å². The molecule has 2 aromatic heterocycles. The molecule has 0 N–H and O–H groups in total. The first-order valence-corrected chi connectivity index (χ1v) is 19.0. The van der Waals surface area contributed by atoms with Crippen molar-refractivity contribution >= 4 is 15.7 Å². The van der Waals surface area contributed by atoms with Crippen molar-refractivity contribution in [3.63, 3.8) is 0 Å². The van der Waals surface area contributed by atoms with Crippen LogP contribution >= 0.6 is 0 Å². The summed E-state index contributed by atoms with van der Waals surface area (Å²) in [7, 11) is 4.82. The summed E-state index contributed by atoms with van der Waals surface area (Å²) in [6.45, 7) is 1.42. The molecule has 0 unspecified atom stereocenters. The second-order valence-electron chi connectivity index (χ2n) is 12.9. The van der Waals surface area contributed by atoms with Crippen LogP contribution in [0.5, 0.6) is 34.5 Å². The summed E-state index contributed by atoms with van der Waals surface area (Å²) in [5.41, 5.74) is 3.76. The highest BCUT2D eigenvalue weighted by molar-refractivity contribution is 7.89. The van der Waals surface area contributed by atoms with Crippen LogP contribution in [0.15, 0.2) is 90.1 Å². The van der Waals surface area contributed by atoms with Crippen LogP contribution in [0.3, 0.4) is 0 Å². The fourth-order valence-electron chi connectivity index (χ4n) is 6.91. The number of pyridine rings is 2. The largest absolute Gasteiger partial charge is 0.493 e. The number of methoxy groups -OCH3 is 6. The standard InChI is InChI=1S/C40H43N5O10S/c1-50-34-19-28(20-35(51-2)39(34)54-5)31-17-26(11-14-41-31)23-43-16-13-30(25-43)44(56(48,49)38-10-8-7-9-33(38)45(46)47)24-27-12-15-42-32(18-27)29-21-36(52-3)40(55-6)37(22-29)53-4/h7-12,14-15,17-22,30H,13,16,23-25H2,1-6H3/t30-/m0/s1. The van der Waals surface area contributed by atoms with Crippen LogP contribution < -0.4 is 28.4 Å². The van der Waals surface area contributed by atoms with E-state index in [-0.39, 0.29) is 11.4 Å². The van der Waals surface area contributed by atoms with E-state index in [1.165, 1.54) is 49.9 Å². The molecular formula is C40H43N5O10S. The summed E-state index contributed by atoms with van der Waals surface area (Å²) in [5, 5.41) is 12.1. The Balaban J connectivity index is 1.31. The van der Waals surface area contributed by atoms with E-state index in [9.17, 15) is 18.5 Å². The van der Waals surface area contributed by atoms with E-state index in [1.54, 1.807) is 58.0 Å². The normalized spacial score (nSPS) is 14.4. The van der Waals surface area contributed by atoms with E-state index in [0.717, 1.165) is 11.1 Å². The topological polar surface area (TPSA) is 165 Å². The van der Waals surface area contributed by atoms with Gasteiger partial charge in [-0.15, -0.1) is 0 Å². The number of nitrogens with zero attached hydrogens (tertiary/aromatic N) is 5. The van der Waals surface area contributed by atoms with Gasteiger partial charge in [0.15, 0.2) is 27.9 Å². The molecule has 56 heavy (non-hydrogen) atoms. The van der Waals surface area contributed by atoms with Gasteiger partial charge < -0.3 is 28.4 Å². The molecule has 1 aliphatic heterocycles. The third-order valence-electron chi connectivity index (χ3n) is 9.62. The second kappa shape index (κ2) is 17.2. The van der Waals surface area contributed by atoms with Crippen LogP contribution in [0.4, 0.5) is 5.69 Å². The average molecular weight is 786 g/mol. The van der Waals surface area contributed by atoms with Gasteiger partial charge in [-0.1, -0.05) is 12.1 Å². The lowest BCUT2D eigenvalue weighted by atomic mass is 10.1. The van der Waals surface area contributed by atoms with E-state index in [2.05, 4.69) is 14.9 Å². The molecule has 0 saturated carbocycles. The molecule has 1 fully saturated rings. The summed E-state index contributed by atoms with van der Waals surface area (Å²) in [6.07, 6.45) is 3.82. The third kappa shape index (κ3) is 8.17. The molecule has 6 rings (SSSR count). The number of rotatable bonds is 16. The molecule has 3 aromatic carbocycles. The number of nitro benzene ring substituents is 1. The number of aromatic nitrogens is 2. The van der Waals surface area contributed by atoms with Crippen LogP contribution in [0.25, 0.3) is 22.5 Å². The molecule has 0 aliphatic carbocycles. The first-order chi connectivity index (χ1) is 27.0. The van der Waals surface area contributed by atoms with Gasteiger partial charge in [0.2, 0.25) is 11.5 Å². The van der Waals surface area contributed by atoms with Gasteiger partial charge in [-0.05, 0) is 72.1 Å². The minimum atomic E-state index is -4.38. The Morgan fingerprint density at radius 3 is 1.73 bits per heavy atom. The molecule has 1 atom stereocenters. The quantitative estimate of drug-likeness (QED) is 0.0817. The Morgan fingerprint density at radius 2 is 1.23 bits per heavy atom. The molecule has 0 bridgehead atoms. The smallest absolute Gasteiger partial charge is 0.289 e. The lowest BCUT2D eigenvalue weighted by molar-refractivity contribution is -0.387. The first kappa shape index (κ1) is 39.7. The fourth-order valence-corrected chi connectivity index (χ4v) is 8.70. The molecule has 1 saturated heterocycles. The van der Waals surface area contributed by atoms with Gasteiger partial charge in [0.25, 0.3) is 15.7 Å². The Hall–Kier alpha value is -5.97. The Labute approximate surface area is 325 Å². The highest BCUT2D eigenvalue weighted by Gasteiger charge is 2.39. The molecule has 16 heteroatoms. The minimum absolute atomic E-state index is 0.0621. The fraction of sp³-hybridized carbons (Fsp3) is 0.300. The minimum Gasteiger partial charge on any atom is -0.493 e. The van der Waals surface area contributed by atoms with E-state index in [1.807, 2.05) is 24.3 Å². The number of hydrogen-bond acceptors (Lipinski definition) is 13. The summed E-state index contributed by atoms with van der Waals surface area (Å²) in [4.78, 5) is 22.3. The Kier molecular flexibility index (Phi) is 12.2. The second-order valence-corrected chi connectivity index (χ2v) is 14.7. The maximum Gasteiger partial charge on any atom is 0.289 e. The highest BCUT2D eigenvalue weighted by Crippen LogP contribution is 2.42. The third-order valence-corrected chi connectivity index (χ3v) is 11.6. The van der Waals surface area contributed by atoms with Crippen molar-refractivity contribution in [1.82, 2.24) is 19.2 Å². The van der Waals surface area contributed by atoms with Gasteiger partial charge in [-0.25, -0.2) is 8.42 Å². The van der Waals surface area contributed by atoms with Gasteiger partial charge in [0.1, 0.15) is 0 Å². The molecule has 3 heterocycles. The highest BCUT2D eigenvalue weighted by atomic mass is 32.2. The number of likely N-dealkylation sites (tertiary alicyclic amines) is 1. The lowest BCUT2D eigenvalue weighted by Gasteiger charge is -2.28. The van der Waals surface area contributed by atoms with Crippen LogP contribution in [0, 0.1) is 10.1 Å². The number of nitro groups is 1. The molecular weight excluding hydrogens is 743 g/mol. The van der Waals surface area contributed by atoms with Crippen LogP contribution in [-0.2, 0) is 23.1 Å². The maximum absolute atomic E-state index is 14.6. The van der Waals surface area contributed by atoms with Crippen molar-refractivity contribution < 1.29 is 41.8 Å². The van der Waals surface area contributed by atoms with E-state index >= 15 is 0 Å². The SMILES string of the molecule is COc1cc(-c2cc(CN3CC[C@H](N(Cc4ccnc(-c5cc(OC)c(OC)c(OC)c5)c4)S(=O)(=O)c4ccccc4[N+](=O)[O-])C3)ccn2)cc(OC)c1OC. The zero-order valence-corrected chi connectivity index (χ0v) is 32.7. The lowest BCUT2D eigenvalue weighted by Crippen LogP contribution is -2.41. The molecule has 0 spiro atoms. The molecule has 1 aliphatic rings. The average Bonchev–Trinajstić information content (AvgIpc) is 3.69. The summed E-state index contributed by atoms with van der Waals surface area (Å²) in [6, 6.07) is 19.5. The number of sulfonamides is 1. The Morgan fingerprint density at radius 1 is 0.732 bits per heavy atom. The summed E-state index contributed by atoms with van der Waals surface area (Å²) < 4.78 is 63.6. The van der Waals surface area contributed by atoms with Gasteiger partial charge >= 0.3 is 0 Å². The predicted molar refractivity (Wildman–Crippen MR) is 208 cm³/mol. The van der Waals surface area contributed by atoms with Crippen LogP contribution in [0.1, 0.15) is 17.5 Å². The Bertz CT molecular complexity index is 2270. The van der Waals surface area contributed by atoms with Crippen molar-refractivity contribution in [2.24, 2.45) is 0 Å². The van der Waals surface area contributed by atoms with Gasteiger partial charge in [-0.2, -0.15) is 4.31 Å². The van der Waals surface area contributed by atoms with Crippen LogP contribution in [-0.4, -0.2) is 94.3 Å². The monoisotopic (exact) mass is 785 g/mol. The predicted octanol–water partition coefficient (Wildman–Crippen LogP) is 6.24. The number of hydrogen-bond donors (Lipinski definition) is 0. The van der Waals surface area contributed by atoms with Crippen molar-refractivity contribution in [1.29, 1.82) is 0 Å².